The van der Waals surface area contributed by atoms with Crippen molar-refractivity contribution < 1.29 is 9.53 Å². The second-order valence-corrected chi connectivity index (χ2v) is 5.94. The lowest BCUT2D eigenvalue weighted by atomic mass is 10.0. The van der Waals surface area contributed by atoms with Crippen molar-refractivity contribution in [1.29, 1.82) is 0 Å². The number of benzene rings is 1. The number of unbranched alkanes of at least 4 members (excludes halogenated alkanes) is 2. The van der Waals surface area contributed by atoms with Crippen molar-refractivity contribution in [2.75, 3.05) is 26.7 Å². The van der Waals surface area contributed by atoms with Crippen LogP contribution in [0.15, 0.2) is 24.3 Å². The second kappa shape index (κ2) is 8.79. The number of piperidine rings is 1. The molecule has 2 rings (SSSR count). The van der Waals surface area contributed by atoms with E-state index < -0.39 is 0 Å². The molecule has 22 heavy (non-hydrogen) atoms. The molecule has 1 aromatic carbocycles. The van der Waals surface area contributed by atoms with E-state index in [0.29, 0.717) is 6.04 Å². The maximum absolute atomic E-state index is 12.5. The van der Waals surface area contributed by atoms with E-state index in [2.05, 4.69) is 12.2 Å². The maximum atomic E-state index is 12.5. The fourth-order valence-electron chi connectivity index (χ4n) is 2.79. The van der Waals surface area contributed by atoms with Crippen molar-refractivity contribution in [2.45, 2.75) is 45.1 Å². The van der Waals surface area contributed by atoms with Gasteiger partial charge in [-0.05, 0) is 50.6 Å². The van der Waals surface area contributed by atoms with E-state index in [-0.39, 0.29) is 5.91 Å². The summed E-state index contributed by atoms with van der Waals surface area (Å²) in [6.45, 7) is 4.59. The van der Waals surface area contributed by atoms with E-state index in [4.69, 9.17) is 4.74 Å². The number of nitrogens with zero attached hydrogens (tertiary/aromatic N) is 1. The van der Waals surface area contributed by atoms with Crippen LogP contribution in [0.5, 0.6) is 5.75 Å². The van der Waals surface area contributed by atoms with E-state index in [0.717, 1.165) is 50.3 Å². The second-order valence-electron chi connectivity index (χ2n) is 5.94. The van der Waals surface area contributed by atoms with Crippen LogP contribution in [-0.2, 0) is 0 Å². The van der Waals surface area contributed by atoms with E-state index in [9.17, 15) is 4.79 Å². The van der Waals surface area contributed by atoms with Gasteiger partial charge in [-0.1, -0.05) is 19.8 Å². The number of rotatable bonds is 7. The topological polar surface area (TPSA) is 41.6 Å². The first-order valence-corrected chi connectivity index (χ1v) is 8.44. The van der Waals surface area contributed by atoms with Crippen molar-refractivity contribution in [1.82, 2.24) is 10.2 Å². The maximum Gasteiger partial charge on any atom is 0.253 e. The molecule has 0 spiro atoms. The molecule has 122 valence electrons. The standard InChI is InChI=1S/C18H28N2O2/c1-3-4-5-14-22-17-8-6-15(7-9-17)18(21)20-12-10-16(19-2)11-13-20/h6-9,16,19H,3-5,10-14H2,1-2H3. The molecular formula is C18H28N2O2. The fraction of sp³-hybridized carbons (Fsp3) is 0.611. The Morgan fingerprint density at radius 2 is 1.91 bits per heavy atom. The van der Waals surface area contributed by atoms with Crippen LogP contribution in [0.2, 0.25) is 0 Å². The predicted octanol–water partition coefficient (Wildman–Crippen LogP) is 3.08. The summed E-state index contributed by atoms with van der Waals surface area (Å²) in [5.74, 6) is 0.980. The zero-order valence-corrected chi connectivity index (χ0v) is 13.8. The summed E-state index contributed by atoms with van der Waals surface area (Å²) in [4.78, 5) is 14.4. The van der Waals surface area contributed by atoms with Gasteiger partial charge >= 0.3 is 0 Å². The minimum absolute atomic E-state index is 0.132. The molecule has 1 N–H and O–H groups in total. The number of nitrogens with one attached hydrogen (secondary N) is 1. The molecule has 1 heterocycles. The molecule has 0 atom stereocenters. The molecule has 1 aliphatic heterocycles. The molecule has 0 aliphatic carbocycles. The molecule has 0 aromatic heterocycles. The van der Waals surface area contributed by atoms with Crippen LogP contribution in [0.4, 0.5) is 0 Å². The monoisotopic (exact) mass is 304 g/mol. The van der Waals surface area contributed by atoms with Gasteiger partial charge < -0.3 is 15.0 Å². The number of carbonyl (C=O) groups excluding carboxylic acids is 1. The molecular weight excluding hydrogens is 276 g/mol. The summed E-state index contributed by atoms with van der Waals surface area (Å²) in [5, 5.41) is 3.28. The Morgan fingerprint density at radius 1 is 1.23 bits per heavy atom. The summed E-state index contributed by atoms with van der Waals surface area (Å²) in [7, 11) is 1.99. The smallest absolute Gasteiger partial charge is 0.253 e. The zero-order chi connectivity index (χ0) is 15.8. The van der Waals surface area contributed by atoms with Crippen LogP contribution in [0.25, 0.3) is 0 Å². The highest BCUT2D eigenvalue weighted by Crippen LogP contribution is 2.17. The molecule has 4 heteroatoms. The van der Waals surface area contributed by atoms with Crippen molar-refractivity contribution in [3.63, 3.8) is 0 Å². The lowest BCUT2D eigenvalue weighted by Gasteiger charge is -2.31. The average molecular weight is 304 g/mol. The number of hydrogen-bond donors (Lipinski definition) is 1. The fourth-order valence-corrected chi connectivity index (χ4v) is 2.79. The Kier molecular flexibility index (Phi) is 6.72. The Labute approximate surface area is 133 Å². The normalized spacial score (nSPS) is 15.8. The first kappa shape index (κ1) is 16.8. The molecule has 1 fully saturated rings. The molecule has 0 saturated carbocycles. The van der Waals surface area contributed by atoms with Gasteiger partial charge in [0.2, 0.25) is 0 Å². The van der Waals surface area contributed by atoms with Gasteiger partial charge in [0.1, 0.15) is 5.75 Å². The molecule has 0 radical (unpaired) electrons. The SMILES string of the molecule is CCCCCOc1ccc(C(=O)N2CCC(NC)CC2)cc1. The first-order valence-electron chi connectivity index (χ1n) is 8.44. The van der Waals surface area contributed by atoms with Crippen molar-refractivity contribution in [3.8, 4) is 5.75 Å². The Bertz CT molecular complexity index is 451. The van der Waals surface area contributed by atoms with Gasteiger partial charge in [-0.2, -0.15) is 0 Å². The van der Waals surface area contributed by atoms with Crippen LogP contribution in [-0.4, -0.2) is 43.6 Å². The Morgan fingerprint density at radius 3 is 2.50 bits per heavy atom. The van der Waals surface area contributed by atoms with E-state index in [1.165, 1.54) is 12.8 Å². The van der Waals surface area contributed by atoms with Gasteiger partial charge in [-0.15, -0.1) is 0 Å². The van der Waals surface area contributed by atoms with Gasteiger partial charge in [0.05, 0.1) is 6.61 Å². The van der Waals surface area contributed by atoms with Gasteiger partial charge in [0, 0.05) is 24.7 Å². The molecule has 0 unspecified atom stereocenters. The quantitative estimate of drug-likeness (QED) is 0.787. The van der Waals surface area contributed by atoms with Crippen molar-refractivity contribution in [3.05, 3.63) is 29.8 Å². The van der Waals surface area contributed by atoms with Crippen molar-refractivity contribution in [2.24, 2.45) is 0 Å². The van der Waals surface area contributed by atoms with E-state index in [1.54, 1.807) is 0 Å². The van der Waals surface area contributed by atoms with Crippen LogP contribution < -0.4 is 10.1 Å². The predicted molar refractivity (Wildman–Crippen MR) is 89.4 cm³/mol. The Hall–Kier alpha value is -1.55. The van der Waals surface area contributed by atoms with Crippen LogP contribution >= 0.6 is 0 Å². The van der Waals surface area contributed by atoms with Gasteiger partial charge in [0.15, 0.2) is 0 Å². The van der Waals surface area contributed by atoms with Crippen LogP contribution in [0.1, 0.15) is 49.4 Å². The Balaban J connectivity index is 1.83. The summed E-state index contributed by atoms with van der Waals surface area (Å²) >= 11 is 0. The summed E-state index contributed by atoms with van der Waals surface area (Å²) < 4.78 is 5.68. The average Bonchev–Trinajstić information content (AvgIpc) is 2.59. The first-order chi connectivity index (χ1) is 10.7. The third-order valence-corrected chi connectivity index (χ3v) is 4.31. The highest BCUT2D eigenvalue weighted by Gasteiger charge is 2.22. The van der Waals surface area contributed by atoms with Gasteiger partial charge in [0.25, 0.3) is 5.91 Å². The van der Waals surface area contributed by atoms with Crippen molar-refractivity contribution >= 4 is 5.91 Å². The third kappa shape index (κ3) is 4.73. The highest BCUT2D eigenvalue weighted by atomic mass is 16.5. The summed E-state index contributed by atoms with van der Waals surface area (Å²) in [5.41, 5.74) is 0.754. The lowest BCUT2D eigenvalue weighted by molar-refractivity contribution is 0.0707. The summed E-state index contributed by atoms with van der Waals surface area (Å²) in [6.07, 6.45) is 5.53. The number of hydrogen-bond acceptors (Lipinski definition) is 3. The molecule has 1 aliphatic rings. The molecule has 1 amide bonds. The molecule has 1 aromatic rings. The molecule has 0 bridgehead atoms. The molecule has 4 nitrogen and oxygen atoms in total. The minimum Gasteiger partial charge on any atom is -0.494 e. The number of likely N-dealkylation sites (tertiary alicyclic amines) is 1. The largest absolute Gasteiger partial charge is 0.494 e. The van der Waals surface area contributed by atoms with Gasteiger partial charge in [-0.25, -0.2) is 0 Å². The molecule has 1 saturated heterocycles. The lowest BCUT2D eigenvalue weighted by Crippen LogP contribution is -2.43. The number of carbonyl (C=O) groups is 1. The van der Waals surface area contributed by atoms with Gasteiger partial charge in [-0.3, -0.25) is 4.79 Å². The van der Waals surface area contributed by atoms with E-state index in [1.807, 2.05) is 36.2 Å². The van der Waals surface area contributed by atoms with Crippen LogP contribution in [0, 0.1) is 0 Å². The third-order valence-electron chi connectivity index (χ3n) is 4.31. The summed E-state index contributed by atoms with van der Waals surface area (Å²) in [6, 6.07) is 8.10. The van der Waals surface area contributed by atoms with Crippen LogP contribution in [0.3, 0.4) is 0 Å². The number of ether oxygens (including phenoxy) is 1. The number of amides is 1. The highest BCUT2D eigenvalue weighted by molar-refractivity contribution is 5.94. The van der Waals surface area contributed by atoms with E-state index >= 15 is 0 Å². The zero-order valence-electron chi connectivity index (χ0n) is 13.8. The minimum atomic E-state index is 0.132.